The van der Waals surface area contributed by atoms with Crippen LogP contribution in [0.3, 0.4) is 0 Å². The van der Waals surface area contributed by atoms with E-state index < -0.39 is 0 Å². The molecule has 90 valence electrons. The van der Waals surface area contributed by atoms with Crippen molar-refractivity contribution in [2.45, 2.75) is 31.8 Å². The van der Waals surface area contributed by atoms with E-state index in [4.69, 9.17) is 4.42 Å². The van der Waals surface area contributed by atoms with E-state index in [1.54, 1.807) is 6.26 Å². The van der Waals surface area contributed by atoms with E-state index >= 15 is 0 Å². The van der Waals surface area contributed by atoms with Crippen LogP contribution in [0.25, 0.3) is 0 Å². The van der Waals surface area contributed by atoms with Gasteiger partial charge in [0.2, 0.25) is 0 Å². The van der Waals surface area contributed by atoms with Gasteiger partial charge in [-0.3, -0.25) is 0 Å². The molecule has 17 heavy (non-hydrogen) atoms. The zero-order valence-electron chi connectivity index (χ0n) is 9.88. The molecule has 2 heteroatoms. The van der Waals surface area contributed by atoms with Gasteiger partial charge in [0.05, 0.1) is 12.4 Å². The van der Waals surface area contributed by atoms with Crippen molar-refractivity contribution in [1.82, 2.24) is 0 Å². The molecule has 0 saturated carbocycles. The molecule has 0 bridgehead atoms. The molecule has 1 N–H and O–H groups in total. The monoisotopic (exact) mass is 230 g/mol. The largest absolute Gasteiger partial charge is 0.469 e. The second-order valence-corrected chi connectivity index (χ2v) is 4.32. The van der Waals surface area contributed by atoms with Gasteiger partial charge in [-0.05, 0) is 37.0 Å². The highest BCUT2D eigenvalue weighted by atomic mass is 16.3. The maximum absolute atomic E-state index is 9.84. The number of furan rings is 1. The van der Waals surface area contributed by atoms with E-state index in [0.717, 1.165) is 25.0 Å². The standard InChI is InChI=1S/C15H18O2/c16-14(12-15-10-5-11-17-15)9-4-8-13-6-2-1-3-7-13/h1-3,5-7,10-11,14,16H,4,8-9,12H2. The third-order valence-electron chi connectivity index (χ3n) is 2.86. The van der Waals surface area contributed by atoms with E-state index in [0.29, 0.717) is 6.42 Å². The van der Waals surface area contributed by atoms with Crippen molar-refractivity contribution in [2.75, 3.05) is 0 Å². The predicted molar refractivity (Wildman–Crippen MR) is 67.8 cm³/mol. The molecule has 0 aliphatic heterocycles. The van der Waals surface area contributed by atoms with Gasteiger partial charge in [0.25, 0.3) is 0 Å². The van der Waals surface area contributed by atoms with Crippen LogP contribution in [0.2, 0.25) is 0 Å². The van der Waals surface area contributed by atoms with Gasteiger partial charge in [0, 0.05) is 6.42 Å². The Hall–Kier alpha value is -1.54. The minimum absolute atomic E-state index is 0.301. The molecular formula is C15H18O2. The second kappa shape index (κ2) is 6.26. The lowest BCUT2D eigenvalue weighted by atomic mass is 10.0. The van der Waals surface area contributed by atoms with E-state index in [1.807, 2.05) is 18.2 Å². The number of rotatable bonds is 6. The van der Waals surface area contributed by atoms with E-state index in [2.05, 4.69) is 24.3 Å². The smallest absolute Gasteiger partial charge is 0.106 e. The number of aliphatic hydroxyl groups is 1. The van der Waals surface area contributed by atoms with Crippen molar-refractivity contribution in [3.8, 4) is 0 Å². The van der Waals surface area contributed by atoms with Crippen LogP contribution in [0.1, 0.15) is 24.2 Å². The molecule has 0 spiro atoms. The Balaban J connectivity index is 1.68. The average molecular weight is 230 g/mol. The molecule has 0 aliphatic carbocycles. The molecule has 0 amide bonds. The third-order valence-corrected chi connectivity index (χ3v) is 2.86. The van der Waals surface area contributed by atoms with Gasteiger partial charge in [-0.25, -0.2) is 0 Å². The summed E-state index contributed by atoms with van der Waals surface area (Å²) in [5.74, 6) is 0.859. The maximum Gasteiger partial charge on any atom is 0.106 e. The molecule has 0 radical (unpaired) electrons. The number of hydrogen-bond donors (Lipinski definition) is 1. The molecular weight excluding hydrogens is 212 g/mol. The van der Waals surface area contributed by atoms with Crippen molar-refractivity contribution in [2.24, 2.45) is 0 Å². The van der Waals surface area contributed by atoms with Crippen molar-refractivity contribution >= 4 is 0 Å². The molecule has 0 fully saturated rings. The summed E-state index contributed by atoms with van der Waals surface area (Å²) >= 11 is 0. The number of aryl methyl sites for hydroxylation is 1. The Labute approximate surface area is 102 Å². The zero-order valence-corrected chi connectivity index (χ0v) is 9.88. The van der Waals surface area contributed by atoms with Crippen LogP contribution in [0.15, 0.2) is 53.1 Å². The molecule has 1 aromatic heterocycles. The summed E-state index contributed by atoms with van der Waals surface area (Å²) in [6, 6.07) is 14.1. The van der Waals surface area contributed by atoms with Crippen LogP contribution in [-0.4, -0.2) is 11.2 Å². The van der Waals surface area contributed by atoms with Crippen LogP contribution >= 0.6 is 0 Å². The summed E-state index contributed by atoms with van der Waals surface area (Å²) < 4.78 is 5.21. The summed E-state index contributed by atoms with van der Waals surface area (Å²) in [6.45, 7) is 0. The molecule has 2 nitrogen and oxygen atoms in total. The van der Waals surface area contributed by atoms with Gasteiger partial charge >= 0.3 is 0 Å². The summed E-state index contributed by atoms with van der Waals surface area (Å²) in [5, 5.41) is 9.84. The van der Waals surface area contributed by atoms with Gasteiger partial charge in [-0.15, -0.1) is 0 Å². The molecule has 2 rings (SSSR count). The molecule has 0 aliphatic rings. The molecule has 1 atom stereocenters. The first-order chi connectivity index (χ1) is 8.34. The quantitative estimate of drug-likeness (QED) is 0.826. The SMILES string of the molecule is OC(CCCc1ccccc1)Cc1ccco1. The van der Waals surface area contributed by atoms with Crippen LogP contribution in [0.4, 0.5) is 0 Å². The molecule has 1 aromatic carbocycles. The van der Waals surface area contributed by atoms with Crippen LogP contribution < -0.4 is 0 Å². The molecule has 1 unspecified atom stereocenters. The Kier molecular flexibility index (Phi) is 4.39. The molecule has 0 saturated heterocycles. The summed E-state index contributed by atoms with van der Waals surface area (Å²) in [5.41, 5.74) is 1.33. The molecule has 2 aromatic rings. The lowest BCUT2D eigenvalue weighted by Crippen LogP contribution is -2.10. The zero-order chi connectivity index (χ0) is 11.9. The number of aliphatic hydroxyl groups excluding tert-OH is 1. The van der Waals surface area contributed by atoms with E-state index in [-0.39, 0.29) is 6.10 Å². The Morgan fingerprint density at radius 2 is 1.88 bits per heavy atom. The minimum atomic E-state index is -0.301. The summed E-state index contributed by atoms with van der Waals surface area (Å²) in [4.78, 5) is 0. The summed E-state index contributed by atoms with van der Waals surface area (Å²) in [6.07, 6.45) is 4.80. The van der Waals surface area contributed by atoms with Crippen molar-refractivity contribution in [3.05, 3.63) is 60.1 Å². The minimum Gasteiger partial charge on any atom is -0.469 e. The number of benzene rings is 1. The van der Waals surface area contributed by atoms with Crippen LogP contribution in [0.5, 0.6) is 0 Å². The highest BCUT2D eigenvalue weighted by molar-refractivity contribution is 5.14. The van der Waals surface area contributed by atoms with E-state index in [1.165, 1.54) is 5.56 Å². The second-order valence-electron chi connectivity index (χ2n) is 4.32. The fraction of sp³-hybridized carbons (Fsp3) is 0.333. The Morgan fingerprint density at radius 1 is 1.06 bits per heavy atom. The first-order valence-electron chi connectivity index (χ1n) is 6.09. The average Bonchev–Trinajstić information content (AvgIpc) is 2.83. The Morgan fingerprint density at radius 3 is 2.59 bits per heavy atom. The van der Waals surface area contributed by atoms with Gasteiger partial charge in [0.1, 0.15) is 5.76 Å². The topological polar surface area (TPSA) is 33.4 Å². The van der Waals surface area contributed by atoms with Gasteiger partial charge < -0.3 is 9.52 Å². The highest BCUT2D eigenvalue weighted by Crippen LogP contribution is 2.11. The van der Waals surface area contributed by atoms with Gasteiger partial charge in [-0.2, -0.15) is 0 Å². The third kappa shape index (κ3) is 4.08. The predicted octanol–water partition coefficient (Wildman–Crippen LogP) is 3.21. The normalized spacial score (nSPS) is 12.5. The lowest BCUT2D eigenvalue weighted by Gasteiger charge is -2.08. The first-order valence-corrected chi connectivity index (χ1v) is 6.09. The van der Waals surface area contributed by atoms with Crippen molar-refractivity contribution < 1.29 is 9.52 Å². The van der Waals surface area contributed by atoms with Crippen molar-refractivity contribution in [1.29, 1.82) is 0 Å². The fourth-order valence-electron chi connectivity index (χ4n) is 1.95. The van der Waals surface area contributed by atoms with Gasteiger partial charge in [0.15, 0.2) is 0 Å². The highest BCUT2D eigenvalue weighted by Gasteiger charge is 2.07. The summed E-state index contributed by atoms with van der Waals surface area (Å²) in [7, 11) is 0. The van der Waals surface area contributed by atoms with Crippen LogP contribution in [0, 0.1) is 0 Å². The van der Waals surface area contributed by atoms with E-state index in [9.17, 15) is 5.11 Å². The molecule has 1 heterocycles. The first kappa shape index (κ1) is 11.9. The maximum atomic E-state index is 9.84. The lowest BCUT2D eigenvalue weighted by molar-refractivity contribution is 0.155. The van der Waals surface area contributed by atoms with Crippen molar-refractivity contribution in [3.63, 3.8) is 0 Å². The number of hydrogen-bond acceptors (Lipinski definition) is 2. The van der Waals surface area contributed by atoms with Crippen LogP contribution in [-0.2, 0) is 12.8 Å². The fourth-order valence-corrected chi connectivity index (χ4v) is 1.95. The van der Waals surface area contributed by atoms with Gasteiger partial charge in [-0.1, -0.05) is 30.3 Å². The Bertz CT molecular complexity index is 406.